The molecule has 2 aromatic heterocycles. The number of imidazole rings is 1. The maximum Gasteiger partial charge on any atom is 0.224 e. The van der Waals surface area contributed by atoms with Crippen LogP contribution in [0.1, 0.15) is 17.1 Å². The van der Waals surface area contributed by atoms with Crippen LogP contribution in [0, 0.1) is 18.3 Å². The number of rotatable bonds is 4. The van der Waals surface area contributed by atoms with Gasteiger partial charge < -0.3 is 10.3 Å². The van der Waals surface area contributed by atoms with Crippen LogP contribution >= 0.6 is 0 Å². The van der Waals surface area contributed by atoms with Crippen molar-refractivity contribution in [3.8, 4) is 6.07 Å². The van der Waals surface area contributed by atoms with Gasteiger partial charge in [0.25, 0.3) is 0 Å². The van der Waals surface area contributed by atoms with Gasteiger partial charge in [0.15, 0.2) is 0 Å². The molecule has 86 valence electrons. The van der Waals surface area contributed by atoms with Crippen LogP contribution in [0.5, 0.6) is 0 Å². The molecule has 0 spiro atoms. The Bertz CT molecular complexity index is 525. The summed E-state index contributed by atoms with van der Waals surface area (Å²) in [6.07, 6.45) is 4.23. The Balaban J connectivity index is 1.95. The first-order valence-electron chi connectivity index (χ1n) is 5.25. The number of aromatic nitrogens is 4. The molecule has 0 fully saturated rings. The van der Waals surface area contributed by atoms with Gasteiger partial charge in [0.05, 0.1) is 6.33 Å². The molecule has 0 saturated carbocycles. The van der Waals surface area contributed by atoms with Gasteiger partial charge in [-0.2, -0.15) is 5.26 Å². The standard InChI is InChI=1S/C11H12N6/c1-8-4-10(5-12)17-11(16-8)14-3-2-9-6-13-7-15-9/h4,6-7H,2-3H2,1H3,(H,13,15)(H,14,16,17). The maximum atomic E-state index is 8.78. The predicted octanol–water partition coefficient (Wildman–Crippen LogP) is 1.03. The van der Waals surface area contributed by atoms with Gasteiger partial charge in [-0.05, 0) is 13.0 Å². The molecule has 0 bridgehead atoms. The lowest BCUT2D eigenvalue weighted by Gasteiger charge is -2.04. The molecule has 2 heterocycles. The molecule has 0 atom stereocenters. The number of H-pyrrole nitrogens is 1. The first-order valence-corrected chi connectivity index (χ1v) is 5.25. The summed E-state index contributed by atoms with van der Waals surface area (Å²) < 4.78 is 0. The molecular weight excluding hydrogens is 216 g/mol. The van der Waals surface area contributed by atoms with Crippen LogP contribution in [0.25, 0.3) is 0 Å². The van der Waals surface area contributed by atoms with Crippen molar-refractivity contribution in [2.45, 2.75) is 13.3 Å². The highest BCUT2D eigenvalue weighted by molar-refractivity contribution is 5.32. The molecule has 0 aliphatic rings. The fourth-order valence-electron chi connectivity index (χ4n) is 1.44. The minimum absolute atomic E-state index is 0.376. The van der Waals surface area contributed by atoms with E-state index in [1.807, 2.05) is 13.0 Å². The Labute approximate surface area is 98.8 Å². The quantitative estimate of drug-likeness (QED) is 0.815. The second-order valence-electron chi connectivity index (χ2n) is 3.58. The highest BCUT2D eigenvalue weighted by Crippen LogP contribution is 2.04. The van der Waals surface area contributed by atoms with Crippen LogP contribution < -0.4 is 5.32 Å². The molecule has 0 saturated heterocycles. The van der Waals surface area contributed by atoms with Crippen LogP contribution in [0.15, 0.2) is 18.6 Å². The van der Waals surface area contributed by atoms with E-state index in [-0.39, 0.29) is 0 Å². The third-order valence-electron chi connectivity index (χ3n) is 2.20. The molecule has 0 radical (unpaired) electrons. The van der Waals surface area contributed by atoms with E-state index in [2.05, 4.69) is 25.3 Å². The van der Waals surface area contributed by atoms with Crippen molar-refractivity contribution in [2.24, 2.45) is 0 Å². The Hall–Kier alpha value is -2.42. The highest BCUT2D eigenvalue weighted by atomic mass is 15.1. The van der Waals surface area contributed by atoms with Gasteiger partial charge in [-0.1, -0.05) is 0 Å². The fraction of sp³-hybridized carbons (Fsp3) is 0.273. The van der Waals surface area contributed by atoms with Crippen molar-refractivity contribution in [3.63, 3.8) is 0 Å². The van der Waals surface area contributed by atoms with Crippen molar-refractivity contribution >= 4 is 5.95 Å². The van der Waals surface area contributed by atoms with Gasteiger partial charge >= 0.3 is 0 Å². The topological polar surface area (TPSA) is 90.3 Å². The second kappa shape index (κ2) is 5.07. The van der Waals surface area contributed by atoms with E-state index in [0.717, 1.165) is 17.8 Å². The Morgan fingerprint density at radius 2 is 2.35 bits per heavy atom. The molecule has 2 rings (SSSR count). The van der Waals surface area contributed by atoms with E-state index in [4.69, 9.17) is 5.26 Å². The van der Waals surface area contributed by atoms with Crippen LogP contribution in [-0.2, 0) is 6.42 Å². The normalized spacial score (nSPS) is 9.88. The molecule has 0 aromatic carbocycles. The number of hydrogen-bond acceptors (Lipinski definition) is 5. The van der Waals surface area contributed by atoms with E-state index in [9.17, 15) is 0 Å². The molecule has 0 amide bonds. The molecule has 0 unspecified atom stereocenters. The molecule has 17 heavy (non-hydrogen) atoms. The van der Waals surface area contributed by atoms with Crippen molar-refractivity contribution < 1.29 is 0 Å². The predicted molar refractivity (Wildman–Crippen MR) is 62.3 cm³/mol. The summed E-state index contributed by atoms with van der Waals surface area (Å²) in [6.45, 7) is 2.53. The van der Waals surface area contributed by atoms with Gasteiger partial charge in [-0.3, -0.25) is 0 Å². The fourth-order valence-corrected chi connectivity index (χ4v) is 1.44. The zero-order valence-corrected chi connectivity index (χ0v) is 9.44. The van der Waals surface area contributed by atoms with Gasteiger partial charge in [0, 0.05) is 30.6 Å². The van der Waals surface area contributed by atoms with Gasteiger partial charge in [-0.25, -0.2) is 15.0 Å². The molecule has 2 N–H and O–H groups in total. The van der Waals surface area contributed by atoms with Crippen LogP contribution in [0.2, 0.25) is 0 Å². The lowest BCUT2D eigenvalue weighted by Crippen LogP contribution is -2.09. The van der Waals surface area contributed by atoms with E-state index in [1.165, 1.54) is 0 Å². The summed E-state index contributed by atoms with van der Waals surface area (Å²) in [5.74, 6) is 0.487. The monoisotopic (exact) mass is 228 g/mol. The van der Waals surface area contributed by atoms with Crippen LogP contribution in [0.3, 0.4) is 0 Å². The molecular formula is C11H12N6. The first kappa shape index (κ1) is 11.1. The Morgan fingerprint density at radius 3 is 3.06 bits per heavy atom. The van der Waals surface area contributed by atoms with Gasteiger partial charge in [0.1, 0.15) is 11.8 Å². The number of hydrogen-bond donors (Lipinski definition) is 2. The summed E-state index contributed by atoms with van der Waals surface area (Å²) in [6, 6.07) is 3.66. The lowest BCUT2D eigenvalue weighted by atomic mass is 10.3. The van der Waals surface area contributed by atoms with Gasteiger partial charge in [-0.15, -0.1) is 0 Å². The zero-order chi connectivity index (χ0) is 12.1. The summed E-state index contributed by atoms with van der Waals surface area (Å²) in [7, 11) is 0. The van der Waals surface area contributed by atoms with Crippen molar-refractivity contribution in [1.29, 1.82) is 5.26 Å². The van der Waals surface area contributed by atoms with Crippen molar-refractivity contribution in [3.05, 3.63) is 35.7 Å². The molecule has 2 aromatic rings. The third kappa shape index (κ3) is 3.01. The minimum atomic E-state index is 0.376. The molecule has 0 aliphatic heterocycles. The van der Waals surface area contributed by atoms with Gasteiger partial charge in [0.2, 0.25) is 5.95 Å². The maximum absolute atomic E-state index is 8.78. The number of nitrogens with one attached hydrogen (secondary N) is 2. The van der Waals surface area contributed by atoms with Crippen LogP contribution in [0.4, 0.5) is 5.95 Å². The van der Waals surface area contributed by atoms with E-state index >= 15 is 0 Å². The Kier molecular flexibility index (Phi) is 3.31. The molecule has 6 nitrogen and oxygen atoms in total. The summed E-state index contributed by atoms with van der Waals surface area (Å²) >= 11 is 0. The minimum Gasteiger partial charge on any atom is -0.354 e. The van der Waals surface area contributed by atoms with E-state index < -0.39 is 0 Å². The molecule has 6 heteroatoms. The largest absolute Gasteiger partial charge is 0.354 e. The van der Waals surface area contributed by atoms with E-state index in [1.54, 1.807) is 18.6 Å². The summed E-state index contributed by atoms with van der Waals surface area (Å²) in [5, 5.41) is 11.9. The Morgan fingerprint density at radius 1 is 1.47 bits per heavy atom. The number of nitrogens with zero attached hydrogens (tertiary/aromatic N) is 4. The third-order valence-corrected chi connectivity index (χ3v) is 2.20. The second-order valence-corrected chi connectivity index (χ2v) is 3.58. The van der Waals surface area contributed by atoms with Crippen LogP contribution in [-0.4, -0.2) is 26.5 Å². The lowest BCUT2D eigenvalue weighted by molar-refractivity contribution is 0.944. The first-order chi connectivity index (χ1) is 8.28. The number of aryl methyl sites for hydroxylation is 1. The van der Waals surface area contributed by atoms with Crippen molar-refractivity contribution in [2.75, 3.05) is 11.9 Å². The summed E-state index contributed by atoms with van der Waals surface area (Å²) in [5.41, 5.74) is 2.20. The smallest absolute Gasteiger partial charge is 0.224 e. The number of aromatic amines is 1. The zero-order valence-electron chi connectivity index (χ0n) is 9.44. The average molecular weight is 228 g/mol. The average Bonchev–Trinajstić information content (AvgIpc) is 2.81. The van der Waals surface area contributed by atoms with Crippen molar-refractivity contribution in [1.82, 2.24) is 19.9 Å². The SMILES string of the molecule is Cc1cc(C#N)nc(NCCc2cnc[nH]2)n1. The number of nitriles is 1. The summed E-state index contributed by atoms with van der Waals surface area (Å²) in [4.78, 5) is 15.2. The van der Waals surface area contributed by atoms with E-state index in [0.29, 0.717) is 18.2 Å². The highest BCUT2D eigenvalue weighted by Gasteiger charge is 2.01. The number of anilines is 1. The molecule has 0 aliphatic carbocycles.